The lowest BCUT2D eigenvalue weighted by molar-refractivity contribution is 0.0693. The Morgan fingerprint density at radius 2 is 2.39 bits per heavy atom. The van der Waals surface area contributed by atoms with E-state index in [1.54, 1.807) is 7.11 Å². The molecule has 0 bridgehead atoms. The molecule has 0 aliphatic heterocycles. The summed E-state index contributed by atoms with van der Waals surface area (Å²) in [5, 5.41) is 17.6. The van der Waals surface area contributed by atoms with E-state index in [1.807, 2.05) is 12.1 Å². The molecule has 2 N–H and O–H groups in total. The number of carboxylic acids is 1. The van der Waals surface area contributed by atoms with E-state index >= 15 is 0 Å². The number of methoxy groups -OCH3 is 1. The Kier molecular flexibility index (Phi) is 3.19. The van der Waals surface area contributed by atoms with Gasteiger partial charge in [0.1, 0.15) is 12.1 Å². The maximum absolute atomic E-state index is 11.1. The zero-order valence-corrected chi connectivity index (χ0v) is 13.1. The lowest BCUT2D eigenvalue weighted by atomic mass is 10.1. The number of aromatic carboxylic acids is 1. The second kappa shape index (κ2) is 5.24. The Hall–Kier alpha value is -2.61. The lowest BCUT2D eigenvalue weighted by Crippen LogP contribution is -2.07. The van der Waals surface area contributed by atoms with Crippen LogP contribution in [0.5, 0.6) is 5.75 Å². The van der Waals surface area contributed by atoms with Crippen LogP contribution in [0.2, 0.25) is 0 Å². The molecule has 8 heteroatoms. The molecule has 0 saturated carbocycles. The summed E-state index contributed by atoms with van der Waals surface area (Å²) < 4.78 is 6.80. The number of carbonyl (C=O) groups is 1. The lowest BCUT2D eigenvalue weighted by Gasteiger charge is -2.13. The zero-order valence-electron chi connectivity index (χ0n) is 12.3. The number of anilines is 1. The van der Waals surface area contributed by atoms with Crippen molar-refractivity contribution in [3.63, 3.8) is 0 Å². The Morgan fingerprint density at radius 3 is 3.17 bits per heavy atom. The Morgan fingerprint density at radius 1 is 1.52 bits per heavy atom. The molecule has 2 heterocycles. The first kappa shape index (κ1) is 14.0. The van der Waals surface area contributed by atoms with Gasteiger partial charge < -0.3 is 15.2 Å². The van der Waals surface area contributed by atoms with Gasteiger partial charge in [0, 0.05) is 0 Å². The van der Waals surface area contributed by atoms with Gasteiger partial charge in [-0.25, -0.2) is 14.3 Å². The van der Waals surface area contributed by atoms with Gasteiger partial charge >= 0.3 is 5.97 Å². The summed E-state index contributed by atoms with van der Waals surface area (Å²) in [5.41, 5.74) is 2.55. The molecule has 118 valence electrons. The fraction of sp³-hybridized carbons (Fsp3) is 0.267. The third-order valence-corrected chi connectivity index (χ3v) is 5.00. The van der Waals surface area contributed by atoms with Crippen LogP contribution < -0.4 is 10.1 Å². The van der Waals surface area contributed by atoms with Gasteiger partial charge in [0.05, 0.1) is 13.2 Å². The van der Waals surface area contributed by atoms with Crippen LogP contribution in [0.3, 0.4) is 0 Å². The molecule has 1 atom stereocenters. The van der Waals surface area contributed by atoms with Crippen molar-refractivity contribution in [2.24, 2.45) is 0 Å². The van der Waals surface area contributed by atoms with Crippen molar-refractivity contribution >= 4 is 27.3 Å². The highest BCUT2D eigenvalue weighted by atomic mass is 32.1. The second-order valence-corrected chi connectivity index (χ2v) is 6.33. The van der Waals surface area contributed by atoms with E-state index in [0.717, 1.165) is 18.6 Å². The number of hydrogen-bond donors (Lipinski definition) is 2. The summed E-state index contributed by atoms with van der Waals surface area (Å²) in [7, 11) is 1.66. The van der Waals surface area contributed by atoms with Crippen LogP contribution in [-0.2, 0) is 6.42 Å². The largest absolute Gasteiger partial charge is 0.497 e. The monoisotopic (exact) mass is 330 g/mol. The van der Waals surface area contributed by atoms with E-state index in [9.17, 15) is 4.79 Å². The van der Waals surface area contributed by atoms with Gasteiger partial charge in [0.25, 0.3) is 0 Å². The molecule has 1 aromatic carbocycles. The van der Waals surface area contributed by atoms with E-state index in [4.69, 9.17) is 9.84 Å². The number of rotatable bonds is 4. The molecule has 2 aromatic heterocycles. The quantitative estimate of drug-likeness (QED) is 0.764. The highest BCUT2D eigenvalue weighted by Crippen LogP contribution is 2.37. The van der Waals surface area contributed by atoms with Gasteiger partial charge in [-0.05, 0) is 36.1 Å². The Balaban J connectivity index is 1.64. The topological polar surface area (TPSA) is 88.8 Å². The second-order valence-electron chi connectivity index (χ2n) is 5.36. The highest BCUT2D eigenvalue weighted by molar-refractivity contribution is 7.21. The Bertz CT molecular complexity index is 901. The molecule has 1 aliphatic carbocycles. The summed E-state index contributed by atoms with van der Waals surface area (Å²) in [6, 6.07) is 6.26. The maximum atomic E-state index is 11.1. The van der Waals surface area contributed by atoms with E-state index in [1.165, 1.54) is 33.3 Å². The van der Waals surface area contributed by atoms with Gasteiger partial charge in [-0.3, -0.25) is 0 Å². The van der Waals surface area contributed by atoms with Gasteiger partial charge in [0.2, 0.25) is 5.13 Å². The van der Waals surface area contributed by atoms with Crippen LogP contribution in [-0.4, -0.2) is 32.8 Å². The van der Waals surface area contributed by atoms with Crippen LogP contribution in [0, 0.1) is 0 Å². The molecule has 1 unspecified atom stereocenters. The predicted molar refractivity (Wildman–Crippen MR) is 85.5 cm³/mol. The zero-order chi connectivity index (χ0) is 16.0. The third-order valence-electron chi connectivity index (χ3n) is 4.03. The van der Waals surface area contributed by atoms with Crippen molar-refractivity contribution in [3.05, 3.63) is 41.3 Å². The molecule has 4 rings (SSSR count). The number of aryl methyl sites for hydroxylation is 1. The average molecular weight is 330 g/mol. The number of benzene rings is 1. The summed E-state index contributed by atoms with van der Waals surface area (Å²) >= 11 is 1.30. The van der Waals surface area contributed by atoms with Gasteiger partial charge in [-0.2, -0.15) is 0 Å². The molecule has 0 saturated heterocycles. The molecule has 0 radical (unpaired) electrons. The maximum Gasteiger partial charge on any atom is 0.357 e. The standard InChI is InChI=1S/C15H14N4O3S/c1-22-9-4-2-8-3-5-11(10(8)6-9)17-15-18-19-7-16-12(14(20)21)13(19)23-15/h2,4,6-7,11H,3,5H2,1H3,(H,17,18)(H,20,21). The van der Waals surface area contributed by atoms with Gasteiger partial charge in [-0.15, -0.1) is 5.10 Å². The van der Waals surface area contributed by atoms with E-state index in [-0.39, 0.29) is 11.7 Å². The number of carboxylic acid groups (broad SMARTS) is 1. The van der Waals surface area contributed by atoms with Crippen molar-refractivity contribution < 1.29 is 14.6 Å². The summed E-state index contributed by atoms with van der Waals surface area (Å²) in [4.78, 5) is 15.5. The fourth-order valence-electron chi connectivity index (χ4n) is 2.92. The number of hydrogen-bond acceptors (Lipinski definition) is 6. The summed E-state index contributed by atoms with van der Waals surface area (Å²) in [5.74, 6) is -0.208. The van der Waals surface area contributed by atoms with Crippen molar-refractivity contribution in [3.8, 4) is 5.75 Å². The minimum Gasteiger partial charge on any atom is -0.497 e. The number of aromatic nitrogens is 3. The average Bonchev–Trinajstić information content (AvgIpc) is 3.21. The number of nitrogens with zero attached hydrogens (tertiary/aromatic N) is 3. The third kappa shape index (κ3) is 2.31. The number of imidazole rings is 1. The van der Waals surface area contributed by atoms with Crippen LogP contribution in [0.15, 0.2) is 24.5 Å². The van der Waals surface area contributed by atoms with E-state index < -0.39 is 5.97 Å². The smallest absolute Gasteiger partial charge is 0.357 e. The first-order chi connectivity index (χ1) is 11.2. The highest BCUT2D eigenvalue weighted by Gasteiger charge is 2.24. The number of nitrogens with one attached hydrogen (secondary N) is 1. The summed E-state index contributed by atoms with van der Waals surface area (Å²) in [6.45, 7) is 0. The van der Waals surface area contributed by atoms with Crippen LogP contribution >= 0.6 is 11.3 Å². The minimum atomic E-state index is -1.04. The van der Waals surface area contributed by atoms with Crippen LogP contribution in [0.1, 0.15) is 34.1 Å². The molecular formula is C15H14N4O3S. The van der Waals surface area contributed by atoms with Gasteiger partial charge in [-0.1, -0.05) is 17.4 Å². The van der Waals surface area contributed by atoms with Crippen molar-refractivity contribution in [1.29, 1.82) is 0 Å². The van der Waals surface area contributed by atoms with Crippen LogP contribution in [0.25, 0.3) is 4.83 Å². The van der Waals surface area contributed by atoms with Crippen LogP contribution in [0.4, 0.5) is 5.13 Å². The summed E-state index contributed by atoms with van der Waals surface area (Å²) in [6.07, 6.45) is 3.40. The predicted octanol–water partition coefficient (Wildman–Crippen LogP) is 2.60. The van der Waals surface area contributed by atoms with E-state index in [2.05, 4.69) is 21.5 Å². The van der Waals surface area contributed by atoms with Crippen molar-refractivity contribution in [1.82, 2.24) is 14.6 Å². The Labute approximate surface area is 135 Å². The van der Waals surface area contributed by atoms with E-state index in [0.29, 0.717) is 9.96 Å². The molecule has 0 spiro atoms. The van der Waals surface area contributed by atoms with Crippen molar-refractivity contribution in [2.75, 3.05) is 12.4 Å². The van der Waals surface area contributed by atoms with Crippen molar-refractivity contribution in [2.45, 2.75) is 18.9 Å². The molecule has 3 aromatic rings. The molecule has 7 nitrogen and oxygen atoms in total. The number of ether oxygens (including phenoxy) is 1. The SMILES string of the molecule is COc1ccc2c(c1)C(Nc1nn3cnc(C(=O)O)c3s1)CC2. The molecule has 1 aliphatic rings. The first-order valence-corrected chi connectivity index (χ1v) is 7.98. The minimum absolute atomic E-state index is 0.0315. The normalized spacial score (nSPS) is 16.5. The first-order valence-electron chi connectivity index (χ1n) is 7.16. The molecule has 0 fully saturated rings. The molecule has 0 amide bonds. The molecule has 23 heavy (non-hydrogen) atoms. The molecular weight excluding hydrogens is 316 g/mol. The van der Waals surface area contributed by atoms with Gasteiger partial charge in [0.15, 0.2) is 10.5 Å². The fourth-order valence-corrected chi connectivity index (χ4v) is 3.85. The number of fused-ring (bicyclic) bond motifs is 2.